The predicted octanol–water partition coefficient (Wildman–Crippen LogP) is 7.14. The Hall–Kier alpha value is -1.02. The van der Waals surface area contributed by atoms with E-state index < -0.39 is 0 Å². The molecule has 0 saturated carbocycles. The topological polar surface area (TPSA) is 24.9 Å². The molecule has 5 heteroatoms. The number of allylic oxidation sites excluding steroid dienone is 2. The third-order valence-electron chi connectivity index (χ3n) is 4.88. The van der Waals surface area contributed by atoms with Crippen LogP contribution in [0.1, 0.15) is 57.2 Å². The van der Waals surface area contributed by atoms with Crippen LogP contribution in [0.3, 0.4) is 0 Å². The van der Waals surface area contributed by atoms with Crippen LogP contribution in [0, 0.1) is 11.8 Å². The number of fused-ring (bicyclic) bond motifs is 1. The number of pyridine rings is 1. The molecule has 2 nitrogen and oxygen atoms in total. The molecule has 2 aromatic heterocycles. The highest BCUT2D eigenvalue weighted by atomic mass is 79.9. The molecule has 25 heavy (non-hydrogen) atoms. The zero-order valence-electron chi connectivity index (χ0n) is 14.8. The lowest BCUT2D eigenvalue weighted by atomic mass is 9.82. The SMILES string of the molecule is CC#CCNc1cc(Cl)nc2c(Br)c(C3CCC(C)=C(CC)C3)sc12. The van der Waals surface area contributed by atoms with E-state index in [1.165, 1.54) is 17.7 Å². The van der Waals surface area contributed by atoms with Crippen LogP contribution in [0.2, 0.25) is 5.15 Å². The van der Waals surface area contributed by atoms with E-state index in [0.717, 1.165) is 33.2 Å². The van der Waals surface area contributed by atoms with Gasteiger partial charge in [-0.25, -0.2) is 4.98 Å². The van der Waals surface area contributed by atoms with Gasteiger partial charge >= 0.3 is 0 Å². The van der Waals surface area contributed by atoms with Crippen LogP contribution in [0.15, 0.2) is 21.7 Å². The molecular weight excluding hydrogens is 416 g/mol. The Bertz CT molecular complexity index is 888. The average Bonchev–Trinajstić information content (AvgIpc) is 2.93. The van der Waals surface area contributed by atoms with Crippen molar-refractivity contribution in [2.75, 3.05) is 11.9 Å². The second-order valence-electron chi connectivity index (χ2n) is 6.41. The van der Waals surface area contributed by atoms with Gasteiger partial charge in [0, 0.05) is 10.9 Å². The molecule has 3 rings (SSSR count). The first kappa shape index (κ1) is 18.8. The van der Waals surface area contributed by atoms with E-state index in [-0.39, 0.29) is 0 Å². The molecule has 0 spiro atoms. The summed E-state index contributed by atoms with van der Waals surface area (Å²) in [4.78, 5) is 5.97. The highest BCUT2D eigenvalue weighted by molar-refractivity contribution is 9.10. The van der Waals surface area contributed by atoms with Gasteiger partial charge in [-0.05, 0) is 61.4 Å². The summed E-state index contributed by atoms with van der Waals surface area (Å²) in [6.07, 6.45) is 4.71. The molecule has 0 amide bonds. The van der Waals surface area contributed by atoms with E-state index in [2.05, 4.69) is 51.9 Å². The van der Waals surface area contributed by atoms with Crippen LogP contribution in [-0.2, 0) is 0 Å². The largest absolute Gasteiger partial charge is 0.373 e. The number of nitrogens with zero attached hydrogens (tertiary/aromatic N) is 1. The number of nitrogens with one attached hydrogen (secondary N) is 1. The summed E-state index contributed by atoms with van der Waals surface area (Å²) >= 11 is 11.9. The Labute approximate surface area is 167 Å². The van der Waals surface area contributed by atoms with Crippen molar-refractivity contribution in [3.63, 3.8) is 0 Å². The Morgan fingerprint density at radius 1 is 1.48 bits per heavy atom. The van der Waals surface area contributed by atoms with Crippen molar-refractivity contribution >= 4 is 54.8 Å². The minimum Gasteiger partial charge on any atom is -0.373 e. The number of aromatic nitrogens is 1. The van der Waals surface area contributed by atoms with Gasteiger partial charge < -0.3 is 5.32 Å². The first-order valence-corrected chi connectivity index (χ1v) is 10.6. The number of thiophene rings is 1. The molecule has 1 atom stereocenters. The number of halogens is 2. The van der Waals surface area contributed by atoms with Gasteiger partial charge in [-0.1, -0.05) is 35.6 Å². The number of anilines is 1. The summed E-state index contributed by atoms with van der Waals surface area (Å²) in [6.45, 7) is 7.01. The van der Waals surface area contributed by atoms with Crippen molar-refractivity contribution in [1.82, 2.24) is 4.98 Å². The molecule has 0 bridgehead atoms. The summed E-state index contributed by atoms with van der Waals surface area (Å²) in [5, 5.41) is 3.89. The number of hydrogen-bond acceptors (Lipinski definition) is 3. The molecule has 132 valence electrons. The van der Waals surface area contributed by atoms with Gasteiger partial charge in [0.15, 0.2) is 0 Å². The third kappa shape index (κ3) is 3.89. The van der Waals surface area contributed by atoms with Gasteiger partial charge in [-0.3, -0.25) is 0 Å². The molecule has 0 aromatic carbocycles. The Morgan fingerprint density at radius 2 is 2.28 bits per heavy atom. The van der Waals surface area contributed by atoms with E-state index >= 15 is 0 Å². The quantitative estimate of drug-likeness (QED) is 0.312. The molecule has 0 aliphatic heterocycles. The van der Waals surface area contributed by atoms with Gasteiger partial charge in [0.25, 0.3) is 0 Å². The van der Waals surface area contributed by atoms with E-state index in [1.54, 1.807) is 11.1 Å². The van der Waals surface area contributed by atoms with Crippen LogP contribution >= 0.6 is 38.9 Å². The molecule has 1 aliphatic carbocycles. The molecule has 1 aliphatic rings. The monoisotopic (exact) mass is 436 g/mol. The Kier molecular flexibility index (Phi) is 6.09. The summed E-state index contributed by atoms with van der Waals surface area (Å²) in [5.74, 6) is 6.52. The summed E-state index contributed by atoms with van der Waals surface area (Å²) in [6, 6.07) is 1.90. The van der Waals surface area contributed by atoms with Crippen molar-refractivity contribution in [1.29, 1.82) is 0 Å². The summed E-state index contributed by atoms with van der Waals surface area (Å²) in [7, 11) is 0. The normalized spacial score (nSPS) is 17.6. The van der Waals surface area contributed by atoms with E-state index in [9.17, 15) is 0 Å². The maximum atomic E-state index is 6.26. The first-order chi connectivity index (χ1) is 12.0. The fraction of sp³-hybridized carbons (Fsp3) is 0.450. The Balaban J connectivity index is 2.01. The lowest BCUT2D eigenvalue weighted by molar-refractivity contribution is 0.572. The second kappa shape index (κ2) is 8.12. The number of rotatable bonds is 4. The maximum Gasteiger partial charge on any atom is 0.131 e. The van der Waals surface area contributed by atoms with E-state index in [0.29, 0.717) is 17.6 Å². The first-order valence-electron chi connectivity index (χ1n) is 8.64. The lowest BCUT2D eigenvalue weighted by Gasteiger charge is -2.25. The van der Waals surface area contributed by atoms with Crippen LogP contribution in [0.25, 0.3) is 10.2 Å². The highest BCUT2D eigenvalue weighted by Gasteiger charge is 2.25. The van der Waals surface area contributed by atoms with Crippen LogP contribution < -0.4 is 5.32 Å². The third-order valence-corrected chi connectivity index (χ3v) is 7.52. The standard InChI is InChI=1S/C20H22BrClN2S/c1-4-6-9-23-15-11-16(22)24-18-17(21)19(25-20(15)18)14-8-7-12(3)13(5-2)10-14/h11,14H,5,7-10H2,1-3H3,(H,23,24). The van der Waals surface area contributed by atoms with Gasteiger partial charge in [0.1, 0.15) is 5.15 Å². The fourth-order valence-electron chi connectivity index (χ4n) is 3.46. The van der Waals surface area contributed by atoms with Gasteiger partial charge in [0.2, 0.25) is 0 Å². The van der Waals surface area contributed by atoms with Crippen molar-refractivity contribution in [3.05, 3.63) is 31.7 Å². The summed E-state index contributed by atoms with van der Waals surface area (Å²) in [5.41, 5.74) is 5.18. The zero-order valence-corrected chi connectivity index (χ0v) is 18.0. The zero-order chi connectivity index (χ0) is 18.0. The average molecular weight is 438 g/mol. The number of hydrogen-bond donors (Lipinski definition) is 1. The van der Waals surface area contributed by atoms with Crippen molar-refractivity contribution < 1.29 is 0 Å². The van der Waals surface area contributed by atoms with Gasteiger partial charge in [-0.15, -0.1) is 17.3 Å². The lowest BCUT2D eigenvalue weighted by Crippen LogP contribution is -2.07. The van der Waals surface area contributed by atoms with Crippen LogP contribution in [-0.4, -0.2) is 11.5 Å². The molecular formula is C20H22BrClN2S. The molecule has 0 fully saturated rings. The summed E-state index contributed by atoms with van der Waals surface area (Å²) < 4.78 is 2.27. The van der Waals surface area contributed by atoms with Crippen molar-refractivity contribution in [2.24, 2.45) is 0 Å². The molecule has 0 radical (unpaired) electrons. The molecule has 1 unspecified atom stereocenters. The molecule has 2 heterocycles. The van der Waals surface area contributed by atoms with Crippen LogP contribution in [0.4, 0.5) is 5.69 Å². The molecule has 1 N–H and O–H groups in total. The van der Waals surface area contributed by atoms with Crippen molar-refractivity contribution in [3.8, 4) is 11.8 Å². The van der Waals surface area contributed by atoms with Gasteiger partial charge in [-0.2, -0.15) is 0 Å². The smallest absolute Gasteiger partial charge is 0.131 e. The van der Waals surface area contributed by atoms with Crippen molar-refractivity contribution in [2.45, 2.75) is 52.4 Å². The second-order valence-corrected chi connectivity index (χ2v) is 8.64. The molecule has 2 aromatic rings. The van der Waals surface area contributed by atoms with Crippen LogP contribution in [0.5, 0.6) is 0 Å². The minimum atomic E-state index is 0.512. The van der Waals surface area contributed by atoms with E-state index in [4.69, 9.17) is 11.6 Å². The highest BCUT2D eigenvalue weighted by Crippen LogP contribution is 2.47. The predicted molar refractivity (Wildman–Crippen MR) is 114 cm³/mol. The van der Waals surface area contributed by atoms with Gasteiger partial charge in [0.05, 0.1) is 26.9 Å². The Morgan fingerprint density at radius 3 is 3.00 bits per heavy atom. The minimum absolute atomic E-state index is 0.512. The van der Waals surface area contributed by atoms with E-state index in [1.807, 2.05) is 24.3 Å². The fourth-order valence-corrected chi connectivity index (χ4v) is 5.90. The molecule has 0 saturated heterocycles. The maximum absolute atomic E-state index is 6.26.